The number of carbonyl (C=O) groups excluding carboxylic acids is 2. The highest BCUT2D eigenvalue weighted by Gasteiger charge is 2.30. The van der Waals surface area contributed by atoms with E-state index in [0.29, 0.717) is 12.8 Å². The second-order valence-corrected chi connectivity index (χ2v) is 8.48. The maximum absolute atomic E-state index is 12.8. The van der Waals surface area contributed by atoms with E-state index in [1.165, 1.54) is 16.7 Å². The van der Waals surface area contributed by atoms with Gasteiger partial charge >= 0.3 is 0 Å². The summed E-state index contributed by atoms with van der Waals surface area (Å²) in [5.41, 5.74) is 5.49. The second-order valence-electron chi connectivity index (χ2n) is 8.48. The van der Waals surface area contributed by atoms with E-state index >= 15 is 0 Å². The molecule has 2 heterocycles. The summed E-state index contributed by atoms with van der Waals surface area (Å²) in [6, 6.07) is 12.2. The number of carbonyl (C=O) groups is 2. The number of amides is 1. The van der Waals surface area contributed by atoms with Gasteiger partial charge in [-0.15, -0.1) is 0 Å². The van der Waals surface area contributed by atoms with E-state index in [9.17, 15) is 9.59 Å². The van der Waals surface area contributed by atoms with Gasteiger partial charge in [-0.05, 0) is 86.5 Å². The minimum Gasteiger partial charge on any atom is -0.496 e. The Hall–Kier alpha value is -2.66. The van der Waals surface area contributed by atoms with Crippen LogP contribution in [0.1, 0.15) is 59.2 Å². The summed E-state index contributed by atoms with van der Waals surface area (Å²) >= 11 is 0. The number of anilines is 1. The monoisotopic (exact) mass is 420 g/mol. The van der Waals surface area contributed by atoms with Gasteiger partial charge in [0.25, 0.3) is 0 Å². The van der Waals surface area contributed by atoms with Crippen LogP contribution in [0.4, 0.5) is 5.69 Å². The van der Waals surface area contributed by atoms with Crippen molar-refractivity contribution in [1.29, 1.82) is 0 Å². The quantitative estimate of drug-likeness (QED) is 0.464. The van der Waals surface area contributed by atoms with Gasteiger partial charge in [0.05, 0.1) is 12.8 Å². The predicted octanol–water partition coefficient (Wildman–Crippen LogP) is 4.11. The number of nitrogens with one attached hydrogen (secondary N) is 1. The van der Waals surface area contributed by atoms with Gasteiger partial charge in [0.2, 0.25) is 5.91 Å². The number of methoxy groups -OCH3 is 1. The van der Waals surface area contributed by atoms with Gasteiger partial charge in [0.1, 0.15) is 5.75 Å². The van der Waals surface area contributed by atoms with Gasteiger partial charge in [0.15, 0.2) is 5.78 Å². The van der Waals surface area contributed by atoms with E-state index < -0.39 is 0 Å². The first kappa shape index (κ1) is 21.6. The molecular weight excluding hydrogens is 388 g/mol. The van der Waals surface area contributed by atoms with E-state index in [2.05, 4.69) is 11.4 Å². The molecule has 5 heteroatoms. The van der Waals surface area contributed by atoms with Crippen molar-refractivity contribution in [3.05, 3.63) is 58.7 Å². The number of unbranched alkanes of at least 4 members (excludes halogenated alkanes) is 1. The van der Waals surface area contributed by atoms with Gasteiger partial charge in [-0.3, -0.25) is 9.59 Å². The van der Waals surface area contributed by atoms with Crippen LogP contribution in [-0.2, 0) is 24.1 Å². The highest BCUT2D eigenvalue weighted by atomic mass is 16.5. The van der Waals surface area contributed by atoms with Crippen LogP contribution in [0.15, 0.2) is 36.4 Å². The number of hydrogen-bond acceptors (Lipinski definition) is 4. The lowest BCUT2D eigenvalue weighted by molar-refractivity contribution is -0.119. The highest BCUT2D eigenvalue weighted by Crippen LogP contribution is 2.36. The summed E-state index contributed by atoms with van der Waals surface area (Å²) in [6.45, 7) is 2.63. The number of aryl methyl sites for hydroxylation is 2. The van der Waals surface area contributed by atoms with Crippen LogP contribution in [0.25, 0.3) is 0 Å². The van der Waals surface area contributed by atoms with Crippen molar-refractivity contribution in [2.75, 3.05) is 31.6 Å². The lowest BCUT2D eigenvalue weighted by Crippen LogP contribution is -2.39. The number of nitrogens with zero attached hydrogens (tertiary/aromatic N) is 1. The second kappa shape index (κ2) is 10.1. The van der Waals surface area contributed by atoms with Crippen LogP contribution in [0.5, 0.6) is 5.75 Å². The molecule has 4 rings (SSSR count). The van der Waals surface area contributed by atoms with Crippen LogP contribution in [0.2, 0.25) is 0 Å². The predicted molar refractivity (Wildman–Crippen MR) is 123 cm³/mol. The Morgan fingerprint density at radius 2 is 1.87 bits per heavy atom. The zero-order chi connectivity index (χ0) is 21.6. The Morgan fingerprint density at radius 3 is 2.71 bits per heavy atom. The zero-order valence-electron chi connectivity index (χ0n) is 18.4. The Kier molecular flexibility index (Phi) is 7.03. The third-order valence-corrected chi connectivity index (χ3v) is 6.37. The van der Waals surface area contributed by atoms with Gasteiger partial charge in [-0.2, -0.15) is 0 Å². The van der Waals surface area contributed by atoms with Crippen molar-refractivity contribution in [1.82, 2.24) is 5.32 Å². The minimum absolute atomic E-state index is 0.224. The Bertz CT molecular complexity index is 936. The average molecular weight is 421 g/mol. The number of Topliss-reactive ketones (excluding diaryl/α,β-unsaturated/α-hetero) is 1. The van der Waals surface area contributed by atoms with E-state index in [0.717, 1.165) is 75.2 Å². The van der Waals surface area contributed by atoms with Crippen LogP contribution >= 0.6 is 0 Å². The molecule has 0 spiro atoms. The number of para-hydroxylation sites is 1. The lowest BCUT2D eigenvalue weighted by Gasteiger charge is -2.35. The fraction of sp³-hybridized carbons (Fsp3) is 0.462. The summed E-state index contributed by atoms with van der Waals surface area (Å²) < 4.78 is 5.39. The molecule has 0 saturated heterocycles. The van der Waals surface area contributed by atoms with Crippen molar-refractivity contribution in [2.24, 2.45) is 0 Å². The lowest BCUT2D eigenvalue weighted by atomic mass is 9.88. The third-order valence-electron chi connectivity index (χ3n) is 6.37. The molecule has 2 aromatic rings. The third kappa shape index (κ3) is 4.99. The van der Waals surface area contributed by atoms with Crippen molar-refractivity contribution in [2.45, 2.75) is 51.4 Å². The number of ether oxygens (including phenoxy) is 1. The smallest absolute Gasteiger partial charge is 0.227 e. The first-order valence-corrected chi connectivity index (χ1v) is 11.5. The molecule has 2 aliphatic rings. The molecule has 1 amide bonds. The Balaban J connectivity index is 1.22. The van der Waals surface area contributed by atoms with E-state index in [1.54, 1.807) is 7.11 Å². The summed E-state index contributed by atoms with van der Waals surface area (Å²) in [4.78, 5) is 26.9. The zero-order valence-corrected chi connectivity index (χ0v) is 18.4. The molecular formula is C26H32N2O3. The molecule has 0 atom stereocenters. The van der Waals surface area contributed by atoms with Gasteiger partial charge in [-0.1, -0.05) is 18.2 Å². The maximum atomic E-state index is 12.8. The summed E-state index contributed by atoms with van der Waals surface area (Å²) in [5.74, 6) is 1.39. The molecule has 31 heavy (non-hydrogen) atoms. The van der Waals surface area contributed by atoms with Crippen molar-refractivity contribution in [3.8, 4) is 5.75 Å². The number of hydrogen-bond donors (Lipinski definition) is 1. The average Bonchev–Trinajstić information content (AvgIpc) is 2.80. The van der Waals surface area contributed by atoms with E-state index in [-0.39, 0.29) is 11.7 Å². The van der Waals surface area contributed by atoms with Gasteiger partial charge in [-0.25, -0.2) is 0 Å². The SMILES string of the molecule is COc1ccccc1CCNCCCCC(=O)c1cc2c3c(c1)CCC(=O)N3CCC2. The first-order chi connectivity index (χ1) is 15.2. The Morgan fingerprint density at radius 1 is 1.06 bits per heavy atom. The van der Waals surface area contributed by atoms with Crippen LogP contribution in [0, 0.1) is 0 Å². The first-order valence-electron chi connectivity index (χ1n) is 11.5. The summed E-state index contributed by atoms with van der Waals surface area (Å²) in [5, 5.41) is 3.47. The fourth-order valence-corrected chi connectivity index (χ4v) is 4.75. The minimum atomic E-state index is 0.224. The molecule has 2 aliphatic heterocycles. The largest absolute Gasteiger partial charge is 0.496 e. The summed E-state index contributed by atoms with van der Waals surface area (Å²) in [6.07, 6.45) is 6.64. The molecule has 0 unspecified atom stereocenters. The number of ketones is 1. The molecule has 2 aromatic carbocycles. The molecule has 0 saturated carbocycles. The molecule has 1 N–H and O–H groups in total. The molecule has 0 bridgehead atoms. The van der Waals surface area contributed by atoms with Crippen LogP contribution in [-0.4, -0.2) is 38.4 Å². The normalized spacial score (nSPS) is 15.0. The highest BCUT2D eigenvalue weighted by molar-refractivity contribution is 6.01. The Labute approximate surface area is 184 Å². The van der Waals surface area contributed by atoms with Crippen molar-refractivity contribution in [3.63, 3.8) is 0 Å². The van der Waals surface area contributed by atoms with E-state index in [4.69, 9.17) is 4.74 Å². The topological polar surface area (TPSA) is 58.6 Å². The van der Waals surface area contributed by atoms with Crippen LogP contribution in [0.3, 0.4) is 0 Å². The molecule has 0 radical (unpaired) electrons. The molecule has 0 aromatic heterocycles. The molecule has 5 nitrogen and oxygen atoms in total. The van der Waals surface area contributed by atoms with E-state index in [1.807, 2.05) is 35.2 Å². The number of benzene rings is 2. The van der Waals surface area contributed by atoms with Crippen LogP contribution < -0.4 is 15.0 Å². The summed E-state index contributed by atoms with van der Waals surface area (Å²) in [7, 11) is 1.70. The fourth-order valence-electron chi connectivity index (χ4n) is 4.75. The molecule has 0 fully saturated rings. The van der Waals surface area contributed by atoms with Crippen molar-refractivity contribution >= 4 is 17.4 Å². The molecule has 164 valence electrons. The standard InChI is InChI=1S/C26H32N2O3/c1-31-24-10-3-2-7-19(24)13-15-27-14-5-4-9-23(29)22-17-20-8-6-16-28-25(30)12-11-21(18-22)26(20)28/h2-3,7,10,17-18,27H,4-6,8-9,11-16H2,1H3. The van der Waals surface area contributed by atoms with Gasteiger partial charge < -0.3 is 15.0 Å². The molecule has 0 aliphatic carbocycles. The van der Waals surface area contributed by atoms with Crippen molar-refractivity contribution < 1.29 is 14.3 Å². The maximum Gasteiger partial charge on any atom is 0.227 e. The van der Waals surface area contributed by atoms with Gasteiger partial charge in [0, 0.05) is 24.9 Å². The number of rotatable bonds is 10.